The molecular weight excluding hydrogens is 512 g/mol. The minimum atomic E-state index is -1.10. The molecule has 2 aromatic carbocycles. The SMILES string of the molecule is CCC(/C=C1\Sc2ccc(OC)cc2N1CCC(=O)O)=C\c1sc2ccc(OC)cc2[n+]1CCC(=O)[O-]. The molecule has 1 aliphatic heterocycles. The molecule has 4 rings (SSSR count). The molecular formula is C27H28N2O6S2. The number of carboxylic acid groups (broad SMARTS) is 2. The Morgan fingerprint density at radius 2 is 1.84 bits per heavy atom. The van der Waals surface area contributed by atoms with Crippen LogP contribution in [0.25, 0.3) is 16.3 Å². The highest BCUT2D eigenvalue weighted by Gasteiger charge is 2.27. The molecule has 0 aliphatic carbocycles. The normalized spacial score (nSPS) is 14.3. The molecule has 0 atom stereocenters. The third-order valence-corrected chi connectivity index (χ3v) is 8.21. The van der Waals surface area contributed by atoms with Gasteiger partial charge in [-0.05, 0) is 42.3 Å². The van der Waals surface area contributed by atoms with Gasteiger partial charge >= 0.3 is 5.97 Å². The van der Waals surface area contributed by atoms with Crippen LogP contribution in [0.15, 0.2) is 58.0 Å². The van der Waals surface area contributed by atoms with E-state index in [9.17, 15) is 19.8 Å². The van der Waals surface area contributed by atoms with Crippen LogP contribution in [0.1, 0.15) is 31.2 Å². The molecule has 2 heterocycles. The molecule has 1 aliphatic rings. The van der Waals surface area contributed by atoms with E-state index in [1.165, 1.54) is 0 Å². The van der Waals surface area contributed by atoms with Crippen molar-refractivity contribution in [2.24, 2.45) is 0 Å². The molecule has 0 amide bonds. The number of allylic oxidation sites excluding steroid dienone is 2. The zero-order valence-electron chi connectivity index (χ0n) is 20.9. The summed E-state index contributed by atoms with van der Waals surface area (Å²) in [6.07, 6.45) is 4.77. The van der Waals surface area contributed by atoms with Crippen molar-refractivity contribution in [3.05, 3.63) is 58.1 Å². The van der Waals surface area contributed by atoms with Gasteiger partial charge in [-0.1, -0.05) is 30.0 Å². The molecule has 1 aromatic heterocycles. The van der Waals surface area contributed by atoms with Crippen LogP contribution in [0, 0.1) is 0 Å². The van der Waals surface area contributed by atoms with Crippen LogP contribution in [-0.4, -0.2) is 37.8 Å². The number of benzene rings is 2. The zero-order valence-corrected chi connectivity index (χ0v) is 22.5. The van der Waals surface area contributed by atoms with E-state index in [4.69, 9.17) is 9.47 Å². The first kappa shape index (κ1) is 26.6. The Balaban J connectivity index is 1.75. The second-order valence-corrected chi connectivity index (χ2v) is 10.5. The molecule has 0 saturated carbocycles. The van der Waals surface area contributed by atoms with Gasteiger partial charge in [0, 0.05) is 36.0 Å². The number of carboxylic acids is 2. The largest absolute Gasteiger partial charge is 0.550 e. The number of aromatic nitrogens is 1. The van der Waals surface area contributed by atoms with E-state index in [-0.39, 0.29) is 19.4 Å². The lowest BCUT2D eigenvalue weighted by molar-refractivity contribution is -0.668. The minimum Gasteiger partial charge on any atom is -0.550 e. The number of hydrogen-bond donors (Lipinski definition) is 1. The highest BCUT2D eigenvalue weighted by atomic mass is 32.2. The van der Waals surface area contributed by atoms with Gasteiger partial charge in [0.05, 0.1) is 37.4 Å². The predicted octanol–water partition coefficient (Wildman–Crippen LogP) is 4.07. The Bertz CT molecular complexity index is 1400. The Hall–Kier alpha value is -3.50. The highest BCUT2D eigenvalue weighted by Crippen LogP contribution is 2.48. The summed E-state index contributed by atoms with van der Waals surface area (Å²) in [6, 6.07) is 11.6. The summed E-state index contributed by atoms with van der Waals surface area (Å²) >= 11 is 3.17. The summed E-state index contributed by atoms with van der Waals surface area (Å²) in [7, 11) is 3.21. The summed E-state index contributed by atoms with van der Waals surface area (Å²) in [5.74, 6) is -0.555. The first-order valence-electron chi connectivity index (χ1n) is 11.8. The van der Waals surface area contributed by atoms with Crippen LogP contribution in [-0.2, 0) is 16.1 Å². The number of aryl methyl sites for hydroxylation is 1. The van der Waals surface area contributed by atoms with E-state index in [0.29, 0.717) is 18.0 Å². The lowest BCUT2D eigenvalue weighted by Gasteiger charge is -2.20. The Kier molecular flexibility index (Phi) is 8.40. The molecule has 10 heteroatoms. The molecule has 0 fully saturated rings. The topological polar surface area (TPSA) is 103 Å². The molecule has 0 saturated heterocycles. The van der Waals surface area contributed by atoms with Gasteiger partial charge in [-0.2, -0.15) is 4.57 Å². The third-order valence-electron chi connectivity index (χ3n) is 5.99. The molecule has 8 nitrogen and oxygen atoms in total. The number of thiazole rings is 1. The van der Waals surface area contributed by atoms with Crippen molar-refractivity contribution >= 4 is 57.0 Å². The summed E-state index contributed by atoms with van der Waals surface area (Å²) in [5.41, 5.74) is 2.85. The van der Waals surface area contributed by atoms with Gasteiger partial charge in [-0.3, -0.25) is 4.79 Å². The lowest BCUT2D eigenvalue weighted by Crippen LogP contribution is -2.38. The second-order valence-electron chi connectivity index (χ2n) is 8.33. The summed E-state index contributed by atoms with van der Waals surface area (Å²) in [6.45, 7) is 2.67. The average Bonchev–Trinajstić information content (AvgIpc) is 3.41. The number of aliphatic carboxylic acids is 2. The van der Waals surface area contributed by atoms with Crippen molar-refractivity contribution in [1.82, 2.24) is 0 Å². The van der Waals surface area contributed by atoms with Gasteiger partial charge in [0.1, 0.15) is 16.2 Å². The van der Waals surface area contributed by atoms with Crippen LogP contribution < -0.4 is 24.0 Å². The maximum atomic E-state index is 11.3. The number of carbonyl (C=O) groups is 2. The van der Waals surface area contributed by atoms with Gasteiger partial charge in [-0.25, -0.2) is 0 Å². The molecule has 0 bridgehead atoms. The second kappa shape index (κ2) is 11.7. The van der Waals surface area contributed by atoms with Crippen molar-refractivity contribution in [3.8, 4) is 11.5 Å². The van der Waals surface area contributed by atoms with Crippen LogP contribution in [0.5, 0.6) is 11.5 Å². The van der Waals surface area contributed by atoms with E-state index < -0.39 is 11.9 Å². The third kappa shape index (κ3) is 6.08. The predicted molar refractivity (Wildman–Crippen MR) is 143 cm³/mol. The maximum absolute atomic E-state index is 11.3. The number of nitrogens with zero attached hydrogens (tertiary/aromatic N) is 2. The van der Waals surface area contributed by atoms with E-state index in [1.807, 2.05) is 45.9 Å². The summed E-state index contributed by atoms with van der Waals surface area (Å²) in [4.78, 5) is 25.6. The number of carbonyl (C=O) groups excluding carboxylic acids is 1. The number of rotatable bonds is 11. The van der Waals surface area contributed by atoms with Gasteiger partial charge in [0.15, 0.2) is 6.54 Å². The Labute approximate surface area is 223 Å². The highest BCUT2D eigenvalue weighted by molar-refractivity contribution is 8.03. The van der Waals surface area contributed by atoms with Crippen molar-refractivity contribution in [2.75, 3.05) is 25.7 Å². The molecule has 0 radical (unpaired) electrons. The fourth-order valence-corrected chi connectivity index (χ4v) is 6.36. The molecule has 1 N–H and O–H groups in total. The number of fused-ring (bicyclic) bond motifs is 2. The maximum Gasteiger partial charge on any atom is 0.305 e. The van der Waals surface area contributed by atoms with Gasteiger partial charge in [-0.15, -0.1) is 0 Å². The van der Waals surface area contributed by atoms with E-state index >= 15 is 0 Å². The molecule has 0 unspecified atom stereocenters. The van der Waals surface area contributed by atoms with Gasteiger partial charge in [0.25, 0.3) is 5.01 Å². The standard InChI is InChI=1S/C27H28N2O6S2/c1-4-17(13-24-28(11-9-26(30)31)20-15-18(34-2)5-7-22(20)36-24)14-25-29(12-10-27(32)33)21-16-19(35-3)6-8-23(21)37-25/h5-8,13-16H,4,9-12H2,1-3H3,(H-,30,31,32,33). The molecule has 3 aromatic rings. The van der Waals surface area contributed by atoms with Gasteiger partial charge < -0.3 is 29.4 Å². The fourth-order valence-electron chi connectivity index (χ4n) is 4.07. The first-order chi connectivity index (χ1) is 17.8. The van der Waals surface area contributed by atoms with Crippen LogP contribution in [0.4, 0.5) is 5.69 Å². The smallest absolute Gasteiger partial charge is 0.305 e. The van der Waals surface area contributed by atoms with E-state index in [0.717, 1.165) is 42.8 Å². The van der Waals surface area contributed by atoms with E-state index in [1.54, 1.807) is 37.3 Å². The number of methoxy groups -OCH3 is 2. The molecule has 0 spiro atoms. The van der Waals surface area contributed by atoms with Crippen LogP contribution >= 0.6 is 23.1 Å². The summed E-state index contributed by atoms with van der Waals surface area (Å²) < 4.78 is 13.8. The van der Waals surface area contributed by atoms with Crippen molar-refractivity contribution in [2.45, 2.75) is 37.6 Å². The number of ether oxygens (including phenoxy) is 2. The Morgan fingerprint density at radius 3 is 2.51 bits per heavy atom. The van der Waals surface area contributed by atoms with Crippen molar-refractivity contribution in [3.63, 3.8) is 0 Å². The minimum absolute atomic E-state index is 0.00108. The lowest BCUT2D eigenvalue weighted by atomic mass is 10.2. The van der Waals surface area contributed by atoms with E-state index in [2.05, 4.69) is 19.1 Å². The van der Waals surface area contributed by atoms with Crippen LogP contribution in [0.2, 0.25) is 0 Å². The zero-order chi connectivity index (χ0) is 26.5. The Morgan fingerprint density at radius 1 is 1.11 bits per heavy atom. The summed E-state index contributed by atoms with van der Waals surface area (Å²) in [5, 5.41) is 22.4. The molecule has 37 heavy (non-hydrogen) atoms. The number of hydrogen-bond acceptors (Lipinski definition) is 8. The number of thioether (sulfide) groups is 1. The van der Waals surface area contributed by atoms with Gasteiger partial charge in [0.2, 0.25) is 5.52 Å². The quantitative estimate of drug-likeness (QED) is 0.363. The number of anilines is 1. The van der Waals surface area contributed by atoms with Crippen molar-refractivity contribution < 1.29 is 33.8 Å². The first-order valence-corrected chi connectivity index (χ1v) is 13.4. The molecule has 194 valence electrons. The monoisotopic (exact) mass is 540 g/mol. The average molecular weight is 541 g/mol. The fraction of sp³-hybridized carbons (Fsp3) is 0.296. The van der Waals surface area contributed by atoms with Crippen LogP contribution in [0.3, 0.4) is 0 Å². The van der Waals surface area contributed by atoms with Crippen molar-refractivity contribution in [1.29, 1.82) is 0 Å².